The summed E-state index contributed by atoms with van der Waals surface area (Å²) in [6.45, 7) is 7.85. The molecule has 3 aromatic rings. The average Bonchev–Trinajstić information content (AvgIpc) is 3.04. The van der Waals surface area contributed by atoms with Crippen molar-refractivity contribution < 1.29 is 9.59 Å². The maximum Gasteiger partial charge on any atom is 0.321 e. The number of aromatic nitrogens is 1. The van der Waals surface area contributed by atoms with Crippen molar-refractivity contribution in [2.24, 2.45) is 0 Å². The summed E-state index contributed by atoms with van der Waals surface area (Å²) in [4.78, 5) is 28.7. The fraction of sp³-hybridized carbons (Fsp3) is 0.150. The molecule has 1 heterocycles. The first-order valence-electron chi connectivity index (χ1n) is 8.42. The van der Waals surface area contributed by atoms with Crippen molar-refractivity contribution in [1.82, 2.24) is 10.3 Å². The molecular formula is C20H20N4O2S. The van der Waals surface area contributed by atoms with E-state index in [0.29, 0.717) is 17.2 Å². The Kier molecular flexibility index (Phi) is 5.52. The molecule has 3 N–H and O–H groups in total. The first-order valence-corrected chi connectivity index (χ1v) is 9.23. The van der Waals surface area contributed by atoms with E-state index >= 15 is 0 Å². The highest BCUT2D eigenvalue weighted by Gasteiger charge is 2.13. The van der Waals surface area contributed by atoms with E-state index in [0.717, 1.165) is 27.0 Å². The Labute approximate surface area is 161 Å². The Morgan fingerprint density at radius 1 is 1.15 bits per heavy atom. The molecule has 2 aromatic carbocycles. The Bertz CT molecular complexity index is 1010. The van der Waals surface area contributed by atoms with Gasteiger partial charge in [-0.3, -0.25) is 10.1 Å². The number of benzene rings is 2. The van der Waals surface area contributed by atoms with Crippen molar-refractivity contribution in [2.45, 2.75) is 13.8 Å². The van der Waals surface area contributed by atoms with Crippen molar-refractivity contribution in [3.8, 4) is 0 Å². The second-order valence-electron chi connectivity index (χ2n) is 6.05. The molecule has 0 saturated heterocycles. The number of carbonyl (C=O) groups is 2. The number of thiazole rings is 1. The van der Waals surface area contributed by atoms with Crippen LogP contribution in [0.25, 0.3) is 10.2 Å². The van der Waals surface area contributed by atoms with Gasteiger partial charge in [-0.2, -0.15) is 0 Å². The Morgan fingerprint density at radius 2 is 1.89 bits per heavy atom. The smallest absolute Gasteiger partial charge is 0.321 e. The van der Waals surface area contributed by atoms with E-state index < -0.39 is 0 Å². The molecule has 0 bridgehead atoms. The van der Waals surface area contributed by atoms with Gasteiger partial charge in [-0.05, 0) is 43.2 Å². The normalized spacial score (nSPS) is 10.4. The number of hydrogen-bond acceptors (Lipinski definition) is 4. The minimum absolute atomic E-state index is 0.180. The standard InChI is InChI=1S/C20H20N4O2S/c1-4-10-21-19(26)24-20-22-15-9-8-14(11-16(15)27-20)18(25)23-17-12(2)6-5-7-13(17)3/h4-9,11H,1,10H2,2-3H3,(H,23,25)(H2,21,22,24,26). The van der Waals surface area contributed by atoms with Gasteiger partial charge in [0.15, 0.2) is 5.13 Å². The van der Waals surface area contributed by atoms with Gasteiger partial charge in [0.05, 0.1) is 10.2 Å². The molecule has 138 valence electrons. The van der Waals surface area contributed by atoms with Crippen LogP contribution in [-0.2, 0) is 0 Å². The zero-order valence-electron chi connectivity index (χ0n) is 15.1. The molecule has 0 spiro atoms. The van der Waals surface area contributed by atoms with Crippen molar-refractivity contribution >= 4 is 44.3 Å². The van der Waals surface area contributed by atoms with Gasteiger partial charge in [-0.25, -0.2) is 9.78 Å². The van der Waals surface area contributed by atoms with Gasteiger partial charge in [0, 0.05) is 17.8 Å². The number of para-hydroxylation sites is 1. The molecule has 0 atom stereocenters. The number of nitrogens with zero attached hydrogens (tertiary/aromatic N) is 1. The summed E-state index contributed by atoms with van der Waals surface area (Å²) in [7, 11) is 0. The van der Waals surface area contributed by atoms with Crippen LogP contribution < -0.4 is 16.0 Å². The van der Waals surface area contributed by atoms with Gasteiger partial charge >= 0.3 is 6.03 Å². The lowest BCUT2D eigenvalue weighted by Gasteiger charge is -2.11. The number of anilines is 2. The van der Waals surface area contributed by atoms with E-state index in [2.05, 4.69) is 27.5 Å². The van der Waals surface area contributed by atoms with Crippen molar-refractivity contribution in [1.29, 1.82) is 0 Å². The maximum absolute atomic E-state index is 12.6. The quantitative estimate of drug-likeness (QED) is 0.571. The predicted molar refractivity (Wildman–Crippen MR) is 111 cm³/mol. The SMILES string of the molecule is C=CCNC(=O)Nc1nc2ccc(C(=O)Nc3c(C)cccc3C)cc2s1. The van der Waals surface area contributed by atoms with E-state index in [1.54, 1.807) is 24.3 Å². The molecule has 7 heteroatoms. The molecule has 6 nitrogen and oxygen atoms in total. The molecule has 3 amide bonds. The highest BCUT2D eigenvalue weighted by atomic mass is 32.1. The molecule has 0 aliphatic heterocycles. The first kappa shape index (κ1) is 18.6. The third kappa shape index (κ3) is 4.32. The van der Waals surface area contributed by atoms with Crippen LogP contribution in [0, 0.1) is 13.8 Å². The summed E-state index contributed by atoms with van der Waals surface area (Å²) < 4.78 is 0.822. The Balaban J connectivity index is 1.78. The lowest BCUT2D eigenvalue weighted by molar-refractivity contribution is 0.102. The van der Waals surface area contributed by atoms with Crippen molar-refractivity contribution in [2.75, 3.05) is 17.2 Å². The number of carbonyl (C=O) groups excluding carboxylic acids is 2. The molecule has 0 aliphatic carbocycles. The number of amides is 3. The Morgan fingerprint density at radius 3 is 2.59 bits per heavy atom. The molecular weight excluding hydrogens is 360 g/mol. The third-order valence-corrected chi connectivity index (χ3v) is 4.93. The second kappa shape index (κ2) is 8.01. The number of rotatable bonds is 5. The highest BCUT2D eigenvalue weighted by molar-refractivity contribution is 7.22. The lowest BCUT2D eigenvalue weighted by Crippen LogP contribution is -2.28. The summed E-state index contributed by atoms with van der Waals surface area (Å²) in [5, 5.41) is 8.75. The van der Waals surface area contributed by atoms with Gasteiger partial charge in [-0.15, -0.1) is 6.58 Å². The monoisotopic (exact) mass is 380 g/mol. The number of aryl methyl sites for hydroxylation is 2. The molecule has 1 aromatic heterocycles. The topological polar surface area (TPSA) is 83.1 Å². The zero-order chi connectivity index (χ0) is 19.4. The van der Waals surface area contributed by atoms with Crippen molar-refractivity contribution in [3.63, 3.8) is 0 Å². The molecule has 0 unspecified atom stereocenters. The molecule has 0 aliphatic rings. The highest BCUT2D eigenvalue weighted by Crippen LogP contribution is 2.27. The number of hydrogen-bond donors (Lipinski definition) is 3. The third-order valence-electron chi connectivity index (χ3n) is 4.00. The van der Waals surface area contributed by atoms with Crippen LogP contribution in [0.1, 0.15) is 21.5 Å². The van der Waals surface area contributed by atoms with Gasteiger partial charge in [0.25, 0.3) is 5.91 Å². The first-order chi connectivity index (χ1) is 13.0. The molecule has 0 fully saturated rings. The van der Waals surface area contributed by atoms with Crippen molar-refractivity contribution in [3.05, 3.63) is 65.7 Å². The van der Waals surface area contributed by atoms with Gasteiger partial charge in [-0.1, -0.05) is 35.6 Å². The summed E-state index contributed by atoms with van der Waals surface area (Å²) in [5.41, 5.74) is 4.12. The molecule has 27 heavy (non-hydrogen) atoms. The van der Waals surface area contributed by atoms with Crippen LogP contribution >= 0.6 is 11.3 Å². The zero-order valence-corrected chi connectivity index (χ0v) is 15.9. The van der Waals surface area contributed by atoms with Gasteiger partial charge < -0.3 is 10.6 Å². The molecule has 3 rings (SSSR count). The fourth-order valence-corrected chi connectivity index (χ4v) is 3.52. The maximum atomic E-state index is 12.6. The lowest BCUT2D eigenvalue weighted by atomic mass is 10.1. The van der Waals surface area contributed by atoms with Gasteiger partial charge in [0.1, 0.15) is 0 Å². The van der Waals surface area contributed by atoms with Crippen LogP contribution in [0.5, 0.6) is 0 Å². The van der Waals surface area contributed by atoms with Crippen LogP contribution in [-0.4, -0.2) is 23.5 Å². The average molecular weight is 380 g/mol. The van der Waals surface area contributed by atoms with Crippen LogP contribution in [0.3, 0.4) is 0 Å². The predicted octanol–water partition coefficient (Wildman–Crippen LogP) is 4.47. The summed E-state index contributed by atoms with van der Waals surface area (Å²) in [6, 6.07) is 10.8. The fourth-order valence-electron chi connectivity index (χ4n) is 2.62. The molecule has 0 radical (unpaired) electrons. The summed E-state index contributed by atoms with van der Waals surface area (Å²) >= 11 is 1.31. The van der Waals surface area contributed by atoms with E-state index in [4.69, 9.17) is 0 Å². The summed E-state index contributed by atoms with van der Waals surface area (Å²) in [5.74, 6) is -0.180. The second-order valence-corrected chi connectivity index (χ2v) is 7.08. The largest absolute Gasteiger partial charge is 0.334 e. The number of fused-ring (bicyclic) bond motifs is 1. The van der Waals surface area contributed by atoms with E-state index in [9.17, 15) is 9.59 Å². The minimum Gasteiger partial charge on any atom is -0.334 e. The summed E-state index contributed by atoms with van der Waals surface area (Å²) in [6.07, 6.45) is 1.60. The number of nitrogens with one attached hydrogen (secondary N) is 3. The molecule has 0 saturated carbocycles. The minimum atomic E-state index is -0.345. The van der Waals surface area contributed by atoms with Gasteiger partial charge in [0.2, 0.25) is 0 Å². The van der Waals surface area contributed by atoms with E-state index in [-0.39, 0.29) is 11.9 Å². The van der Waals surface area contributed by atoms with E-state index in [1.807, 2.05) is 32.0 Å². The number of urea groups is 1. The Hall–Kier alpha value is -3.19. The van der Waals surface area contributed by atoms with Crippen LogP contribution in [0.4, 0.5) is 15.6 Å². The van der Waals surface area contributed by atoms with E-state index in [1.165, 1.54) is 11.3 Å². The van der Waals surface area contributed by atoms with Crippen LogP contribution in [0.2, 0.25) is 0 Å². The van der Waals surface area contributed by atoms with Crippen LogP contribution in [0.15, 0.2) is 49.1 Å².